The lowest BCUT2D eigenvalue weighted by molar-refractivity contribution is 0.0764. The Kier molecular flexibility index (Phi) is 6.76. The van der Waals surface area contributed by atoms with Crippen LogP contribution in [0.25, 0.3) is 0 Å². The van der Waals surface area contributed by atoms with Gasteiger partial charge in [0.05, 0.1) is 12.2 Å². The van der Waals surface area contributed by atoms with Crippen molar-refractivity contribution in [3.8, 4) is 0 Å². The predicted octanol–water partition coefficient (Wildman–Crippen LogP) is 2.94. The summed E-state index contributed by atoms with van der Waals surface area (Å²) in [4.78, 5) is 9.61. The maximum absolute atomic E-state index is 6.12. The van der Waals surface area contributed by atoms with Crippen LogP contribution in [0.2, 0.25) is 0 Å². The van der Waals surface area contributed by atoms with Crippen LogP contribution < -0.4 is 5.32 Å². The van der Waals surface area contributed by atoms with Crippen LogP contribution in [0.4, 0.5) is 0 Å². The van der Waals surface area contributed by atoms with Crippen LogP contribution in [-0.4, -0.2) is 74.3 Å². The third-order valence-electron chi connectivity index (χ3n) is 7.52. The number of likely N-dealkylation sites (N-methyl/N-ethyl adjacent to an activating group) is 1. The Hall–Kier alpha value is -0.0800. The second kappa shape index (κ2) is 8.52. The van der Waals surface area contributed by atoms with Crippen molar-refractivity contribution in [2.75, 3.05) is 40.8 Å². The van der Waals surface area contributed by atoms with E-state index >= 15 is 0 Å². The van der Waals surface area contributed by atoms with Gasteiger partial charge in [0.2, 0.25) is 0 Å². The number of halogens is 1. The van der Waals surface area contributed by atoms with Crippen molar-refractivity contribution in [1.82, 2.24) is 15.1 Å². The molecular weight excluding hydrogens is 439 g/mol. The highest BCUT2D eigenvalue weighted by Crippen LogP contribution is 2.47. The molecule has 0 amide bonds. The molecule has 0 aromatic heterocycles. The van der Waals surface area contributed by atoms with Crippen molar-refractivity contribution in [3.05, 3.63) is 0 Å². The number of nitrogens with zero attached hydrogens (tertiary/aromatic N) is 3. The Balaban J connectivity index is 0.00000196. The van der Waals surface area contributed by atoms with E-state index in [4.69, 9.17) is 4.74 Å². The lowest BCUT2D eigenvalue weighted by Gasteiger charge is -2.40. The van der Waals surface area contributed by atoms with Crippen molar-refractivity contribution in [1.29, 1.82) is 0 Å². The molecule has 3 aliphatic heterocycles. The molecule has 4 aliphatic rings. The summed E-state index contributed by atoms with van der Waals surface area (Å²) in [6.45, 7) is 3.27. The molecule has 3 saturated heterocycles. The first-order valence-electron chi connectivity index (χ1n) is 10.4. The standard InChI is InChI=1S/C20H36N4O.HI/c1-21-19(22-14-20(23(2)3)10-6-4-5-7-11-20)24-12-15-16(13-24)18-9-8-17(15)25-18;/h15-18H,4-14H2,1-3H3,(H,21,22);1H. The molecule has 3 heterocycles. The van der Waals surface area contributed by atoms with E-state index in [1.54, 1.807) is 0 Å². The van der Waals surface area contributed by atoms with E-state index in [-0.39, 0.29) is 29.5 Å². The summed E-state index contributed by atoms with van der Waals surface area (Å²) in [6, 6.07) is 0. The number of likely N-dealkylation sites (tertiary alicyclic amines) is 1. The first kappa shape index (κ1) is 20.6. The molecule has 4 rings (SSSR count). The van der Waals surface area contributed by atoms with Gasteiger partial charge in [-0.05, 0) is 39.8 Å². The highest BCUT2D eigenvalue weighted by atomic mass is 127. The van der Waals surface area contributed by atoms with Crippen molar-refractivity contribution in [2.24, 2.45) is 16.8 Å². The van der Waals surface area contributed by atoms with E-state index in [0.29, 0.717) is 12.2 Å². The van der Waals surface area contributed by atoms with Crippen molar-refractivity contribution in [3.63, 3.8) is 0 Å². The molecule has 4 fully saturated rings. The molecular formula is C20H37IN4O. The van der Waals surface area contributed by atoms with E-state index in [1.165, 1.54) is 51.4 Å². The van der Waals surface area contributed by atoms with Crippen LogP contribution >= 0.6 is 24.0 Å². The first-order valence-corrected chi connectivity index (χ1v) is 10.4. The number of hydrogen-bond acceptors (Lipinski definition) is 3. The number of fused-ring (bicyclic) bond motifs is 5. The summed E-state index contributed by atoms with van der Waals surface area (Å²) >= 11 is 0. The van der Waals surface area contributed by atoms with Gasteiger partial charge in [0, 0.05) is 44.1 Å². The van der Waals surface area contributed by atoms with Crippen LogP contribution in [-0.2, 0) is 4.74 Å². The van der Waals surface area contributed by atoms with Crippen LogP contribution in [0.15, 0.2) is 4.99 Å². The number of ether oxygens (including phenoxy) is 1. The van der Waals surface area contributed by atoms with Crippen molar-refractivity contribution < 1.29 is 4.74 Å². The van der Waals surface area contributed by atoms with Gasteiger partial charge in [0.15, 0.2) is 5.96 Å². The van der Waals surface area contributed by atoms with Gasteiger partial charge in [-0.3, -0.25) is 4.99 Å². The summed E-state index contributed by atoms with van der Waals surface area (Å²) in [5, 5.41) is 3.76. The van der Waals surface area contributed by atoms with Crippen LogP contribution in [0.5, 0.6) is 0 Å². The monoisotopic (exact) mass is 476 g/mol. The fraction of sp³-hybridized carbons (Fsp3) is 0.950. The molecule has 4 unspecified atom stereocenters. The van der Waals surface area contributed by atoms with Gasteiger partial charge in [0.25, 0.3) is 0 Å². The fourth-order valence-corrected chi connectivity index (χ4v) is 5.88. The van der Waals surface area contributed by atoms with Crippen LogP contribution in [0.3, 0.4) is 0 Å². The highest BCUT2D eigenvalue weighted by Gasteiger charge is 2.53. The minimum Gasteiger partial charge on any atom is -0.374 e. The summed E-state index contributed by atoms with van der Waals surface area (Å²) < 4.78 is 6.12. The second-order valence-corrected chi connectivity index (χ2v) is 8.96. The second-order valence-electron chi connectivity index (χ2n) is 8.96. The lowest BCUT2D eigenvalue weighted by Crippen LogP contribution is -2.54. The van der Waals surface area contributed by atoms with Crippen LogP contribution in [0, 0.1) is 11.8 Å². The zero-order valence-electron chi connectivity index (χ0n) is 16.7. The highest BCUT2D eigenvalue weighted by molar-refractivity contribution is 14.0. The van der Waals surface area contributed by atoms with Gasteiger partial charge in [-0.1, -0.05) is 25.7 Å². The lowest BCUT2D eigenvalue weighted by atomic mass is 9.82. The summed E-state index contributed by atoms with van der Waals surface area (Å²) in [5.41, 5.74) is 0.282. The Morgan fingerprint density at radius 2 is 1.65 bits per heavy atom. The number of aliphatic imine (C=N–C) groups is 1. The molecule has 4 atom stereocenters. The van der Waals surface area contributed by atoms with Gasteiger partial charge in [-0.2, -0.15) is 0 Å². The summed E-state index contributed by atoms with van der Waals surface area (Å²) in [5.74, 6) is 2.58. The third kappa shape index (κ3) is 3.75. The van der Waals surface area contributed by atoms with E-state index in [1.807, 2.05) is 7.05 Å². The molecule has 0 aromatic carbocycles. The largest absolute Gasteiger partial charge is 0.374 e. The molecule has 1 N–H and O–H groups in total. The molecule has 6 heteroatoms. The zero-order valence-corrected chi connectivity index (χ0v) is 19.1. The molecule has 0 aromatic rings. The molecule has 5 nitrogen and oxygen atoms in total. The first-order chi connectivity index (χ1) is 12.1. The third-order valence-corrected chi connectivity index (χ3v) is 7.52. The van der Waals surface area contributed by atoms with E-state index in [2.05, 4.69) is 34.2 Å². The van der Waals surface area contributed by atoms with Gasteiger partial charge >= 0.3 is 0 Å². The maximum atomic E-state index is 6.12. The number of guanidine groups is 1. The van der Waals surface area contributed by atoms with Gasteiger partial charge < -0.3 is 19.9 Å². The Morgan fingerprint density at radius 3 is 2.15 bits per heavy atom. The maximum Gasteiger partial charge on any atom is 0.193 e. The van der Waals surface area contributed by atoms with E-state index in [9.17, 15) is 0 Å². The molecule has 1 saturated carbocycles. The van der Waals surface area contributed by atoms with Gasteiger partial charge in [-0.25, -0.2) is 0 Å². The smallest absolute Gasteiger partial charge is 0.193 e. The van der Waals surface area contributed by atoms with E-state index in [0.717, 1.165) is 37.4 Å². The molecule has 2 bridgehead atoms. The molecule has 0 radical (unpaired) electrons. The van der Waals surface area contributed by atoms with E-state index < -0.39 is 0 Å². The average Bonchev–Trinajstić information content (AvgIpc) is 3.26. The average molecular weight is 476 g/mol. The van der Waals surface area contributed by atoms with Gasteiger partial charge in [-0.15, -0.1) is 24.0 Å². The summed E-state index contributed by atoms with van der Waals surface area (Å²) in [6.07, 6.45) is 11.7. The Bertz CT molecular complexity index is 486. The van der Waals surface area contributed by atoms with Gasteiger partial charge in [0.1, 0.15) is 0 Å². The number of hydrogen-bond donors (Lipinski definition) is 1. The molecule has 150 valence electrons. The SMILES string of the molecule is CN=C(NCC1(N(C)C)CCCCCC1)N1CC2C3CCC(O3)C2C1.I. The fourth-order valence-electron chi connectivity index (χ4n) is 5.88. The quantitative estimate of drug-likeness (QED) is 0.294. The number of rotatable bonds is 3. The molecule has 1 aliphatic carbocycles. The minimum absolute atomic E-state index is 0. The summed E-state index contributed by atoms with van der Waals surface area (Å²) in [7, 11) is 6.45. The predicted molar refractivity (Wildman–Crippen MR) is 117 cm³/mol. The van der Waals surface area contributed by atoms with Crippen molar-refractivity contribution >= 4 is 29.9 Å². The molecule has 26 heavy (non-hydrogen) atoms. The topological polar surface area (TPSA) is 40.1 Å². The number of nitrogens with one attached hydrogen (secondary N) is 1. The molecule has 0 spiro atoms. The Labute approximate surface area is 176 Å². The minimum atomic E-state index is 0. The zero-order chi connectivity index (χ0) is 17.4. The van der Waals surface area contributed by atoms with Crippen molar-refractivity contribution in [2.45, 2.75) is 69.1 Å². The normalized spacial score (nSPS) is 36.0. The Morgan fingerprint density at radius 1 is 1.08 bits per heavy atom. The van der Waals surface area contributed by atoms with Crippen LogP contribution in [0.1, 0.15) is 51.4 Å².